The minimum atomic E-state index is -4.12. The molecule has 0 aromatic heterocycles. The van der Waals surface area contributed by atoms with E-state index in [2.05, 4.69) is 0 Å². The number of rotatable bonds is 3. The van der Waals surface area contributed by atoms with Gasteiger partial charge in [-0.15, -0.1) is 0 Å². The van der Waals surface area contributed by atoms with Gasteiger partial charge in [0, 0.05) is 38.3 Å². The molecule has 0 radical (unpaired) electrons. The molecule has 2 saturated heterocycles. The number of hydrogen-bond donors (Lipinski definition) is 3. The van der Waals surface area contributed by atoms with Crippen molar-refractivity contribution in [3.8, 4) is 0 Å². The third-order valence-electron chi connectivity index (χ3n) is 6.33. The van der Waals surface area contributed by atoms with Crippen LogP contribution < -0.4 is 0 Å². The zero-order valence-corrected chi connectivity index (χ0v) is 14.6. The fourth-order valence-corrected chi connectivity index (χ4v) is 4.74. The maximum absolute atomic E-state index is 13.2. The van der Waals surface area contributed by atoms with Crippen LogP contribution in [0.1, 0.15) is 32.6 Å². The molecule has 8 heteroatoms. The Morgan fingerprint density at radius 2 is 1.60 bits per heavy atom. The number of alkyl halides is 3. The number of hydrogen-bond acceptors (Lipinski definition) is 5. The molecule has 3 rings (SSSR count). The Kier molecular flexibility index (Phi) is 5.66. The SMILES string of the molecule is C[C@@H]1[C@@H](O)[C@H](O)[C@@H](O)CN1CC1CN([C@H]2CCCC[C@H]2C(F)(F)F)C1. The van der Waals surface area contributed by atoms with E-state index in [1.165, 1.54) is 0 Å². The van der Waals surface area contributed by atoms with Gasteiger partial charge >= 0.3 is 6.18 Å². The lowest BCUT2D eigenvalue weighted by atomic mass is 9.80. The van der Waals surface area contributed by atoms with Crippen LogP contribution in [-0.4, -0.2) is 87.9 Å². The molecule has 0 spiro atoms. The van der Waals surface area contributed by atoms with E-state index in [4.69, 9.17) is 0 Å². The van der Waals surface area contributed by atoms with Gasteiger partial charge in [-0.2, -0.15) is 13.2 Å². The van der Waals surface area contributed by atoms with Crippen LogP contribution in [0.4, 0.5) is 13.2 Å². The zero-order chi connectivity index (χ0) is 18.4. The number of nitrogens with zero attached hydrogens (tertiary/aromatic N) is 2. The smallest absolute Gasteiger partial charge is 0.389 e. The van der Waals surface area contributed by atoms with E-state index >= 15 is 0 Å². The molecule has 2 heterocycles. The van der Waals surface area contributed by atoms with Crippen molar-refractivity contribution in [3.63, 3.8) is 0 Å². The Hall–Kier alpha value is -0.410. The Morgan fingerprint density at radius 3 is 2.24 bits per heavy atom. The molecule has 6 atom stereocenters. The molecule has 3 aliphatic rings. The molecule has 0 unspecified atom stereocenters. The van der Waals surface area contributed by atoms with Gasteiger partial charge in [0.25, 0.3) is 0 Å². The molecule has 0 aromatic rings. The highest BCUT2D eigenvalue weighted by Gasteiger charge is 2.50. The molecule has 1 saturated carbocycles. The fourth-order valence-electron chi connectivity index (χ4n) is 4.74. The van der Waals surface area contributed by atoms with E-state index in [1.54, 1.807) is 6.92 Å². The van der Waals surface area contributed by atoms with Gasteiger partial charge in [-0.05, 0) is 25.7 Å². The summed E-state index contributed by atoms with van der Waals surface area (Å²) in [4.78, 5) is 3.89. The van der Waals surface area contributed by atoms with E-state index in [1.807, 2.05) is 9.80 Å². The number of likely N-dealkylation sites (tertiary alicyclic amines) is 2. The van der Waals surface area contributed by atoms with Crippen LogP contribution in [0.2, 0.25) is 0 Å². The molecule has 2 aliphatic heterocycles. The van der Waals surface area contributed by atoms with Gasteiger partial charge < -0.3 is 15.3 Å². The second-order valence-corrected chi connectivity index (χ2v) is 8.06. The first-order valence-corrected chi connectivity index (χ1v) is 9.27. The molecular formula is C17H29F3N2O3. The topological polar surface area (TPSA) is 67.2 Å². The second kappa shape index (κ2) is 7.31. The van der Waals surface area contributed by atoms with Crippen molar-refractivity contribution in [2.45, 2.75) is 69.2 Å². The number of piperidine rings is 1. The van der Waals surface area contributed by atoms with Crippen molar-refractivity contribution in [2.75, 3.05) is 26.2 Å². The summed E-state index contributed by atoms with van der Waals surface area (Å²) in [5.41, 5.74) is 0. The highest BCUT2D eigenvalue weighted by Crippen LogP contribution is 2.42. The van der Waals surface area contributed by atoms with E-state index in [0.717, 1.165) is 6.42 Å². The number of aliphatic hydroxyl groups is 3. The highest BCUT2D eigenvalue weighted by atomic mass is 19.4. The van der Waals surface area contributed by atoms with Gasteiger partial charge in [0.2, 0.25) is 0 Å². The van der Waals surface area contributed by atoms with Crippen LogP contribution in [0.3, 0.4) is 0 Å². The molecule has 3 fully saturated rings. The van der Waals surface area contributed by atoms with Gasteiger partial charge in [0.05, 0.1) is 18.1 Å². The summed E-state index contributed by atoms with van der Waals surface area (Å²) < 4.78 is 39.7. The summed E-state index contributed by atoms with van der Waals surface area (Å²) in [6, 6.07) is -0.674. The van der Waals surface area contributed by atoms with Crippen LogP contribution in [0, 0.1) is 11.8 Å². The quantitative estimate of drug-likeness (QED) is 0.690. The number of β-amino-alcohol motifs (C(OH)–C–C–N with tert-alkyl or cyclic N) is 1. The Morgan fingerprint density at radius 1 is 0.960 bits per heavy atom. The average molecular weight is 366 g/mol. The Labute approximate surface area is 146 Å². The zero-order valence-electron chi connectivity index (χ0n) is 14.6. The normalized spacial score (nSPS) is 42.4. The molecule has 25 heavy (non-hydrogen) atoms. The third-order valence-corrected chi connectivity index (χ3v) is 6.33. The van der Waals surface area contributed by atoms with E-state index in [0.29, 0.717) is 32.5 Å². The predicted octanol–water partition coefficient (Wildman–Crippen LogP) is 0.826. The summed E-state index contributed by atoms with van der Waals surface area (Å²) in [5, 5.41) is 29.5. The summed E-state index contributed by atoms with van der Waals surface area (Å²) in [6.45, 7) is 3.98. The minimum absolute atomic E-state index is 0.231. The lowest BCUT2D eigenvalue weighted by Crippen LogP contribution is -2.64. The first-order chi connectivity index (χ1) is 11.7. The maximum atomic E-state index is 13.2. The predicted molar refractivity (Wildman–Crippen MR) is 85.9 cm³/mol. The van der Waals surface area contributed by atoms with Crippen LogP contribution in [-0.2, 0) is 0 Å². The standard InChI is InChI=1S/C17H29F3N2O3/c1-10-15(24)16(25)14(23)9-21(10)6-11-7-22(8-11)13-5-3-2-4-12(13)17(18,19)20/h10-16,23-25H,2-9H2,1H3/t10-,12-,13+,14+,15-,16-/m1/s1. The van der Waals surface area contributed by atoms with Crippen molar-refractivity contribution in [2.24, 2.45) is 11.8 Å². The van der Waals surface area contributed by atoms with E-state index in [9.17, 15) is 28.5 Å². The van der Waals surface area contributed by atoms with Crippen LogP contribution in [0.15, 0.2) is 0 Å². The molecule has 146 valence electrons. The van der Waals surface area contributed by atoms with E-state index in [-0.39, 0.29) is 24.9 Å². The monoisotopic (exact) mass is 366 g/mol. The van der Waals surface area contributed by atoms with Gasteiger partial charge in [0.15, 0.2) is 0 Å². The Bertz CT molecular complexity index is 459. The number of aliphatic hydroxyl groups excluding tert-OH is 3. The van der Waals surface area contributed by atoms with Gasteiger partial charge in [-0.1, -0.05) is 12.8 Å². The number of halogens is 3. The second-order valence-electron chi connectivity index (χ2n) is 8.06. The Balaban J connectivity index is 1.52. The minimum Gasteiger partial charge on any atom is -0.389 e. The lowest BCUT2D eigenvalue weighted by Gasteiger charge is -2.51. The lowest BCUT2D eigenvalue weighted by molar-refractivity contribution is -0.207. The first kappa shape index (κ1) is 19.4. The summed E-state index contributed by atoms with van der Waals surface area (Å²) in [6.07, 6.45) is -4.90. The van der Waals surface area contributed by atoms with Crippen molar-refractivity contribution < 1.29 is 28.5 Å². The molecule has 0 bridgehead atoms. The fraction of sp³-hybridized carbons (Fsp3) is 1.00. The molecular weight excluding hydrogens is 337 g/mol. The summed E-state index contributed by atoms with van der Waals surface area (Å²) in [7, 11) is 0. The van der Waals surface area contributed by atoms with E-state index < -0.39 is 36.4 Å². The molecule has 3 N–H and O–H groups in total. The van der Waals surface area contributed by atoms with Crippen molar-refractivity contribution in [1.82, 2.24) is 9.80 Å². The maximum Gasteiger partial charge on any atom is 0.393 e. The van der Waals surface area contributed by atoms with Crippen LogP contribution in [0.5, 0.6) is 0 Å². The van der Waals surface area contributed by atoms with Crippen molar-refractivity contribution in [1.29, 1.82) is 0 Å². The highest BCUT2D eigenvalue weighted by molar-refractivity contribution is 4.97. The van der Waals surface area contributed by atoms with Gasteiger partial charge in [0.1, 0.15) is 6.10 Å². The molecule has 5 nitrogen and oxygen atoms in total. The molecule has 0 amide bonds. The van der Waals surface area contributed by atoms with Crippen molar-refractivity contribution in [3.05, 3.63) is 0 Å². The van der Waals surface area contributed by atoms with Crippen LogP contribution >= 0.6 is 0 Å². The first-order valence-electron chi connectivity index (χ1n) is 9.27. The van der Waals surface area contributed by atoms with Gasteiger partial charge in [-0.3, -0.25) is 9.80 Å². The third kappa shape index (κ3) is 3.98. The summed E-state index contributed by atoms with van der Waals surface area (Å²) in [5.74, 6) is -0.970. The van der Waals surface area contributed by atoms with Crippen molar-refractivity contribution >= 4 is 0 Å². The summed E-state index contributed by atoms with van der Waals surface area (Å²) >= 11 is 0. The largest absolute Gasteiger partial charge is 0.393 e. The molecule has 1 aliphatic carbocycles. The van der Waals surface area contributed by atoms with Crippen LogP contribution in [0.25, 0.3) is 0 Å². The average Bonchev–Trinajstić information content (AvgIpc) is 2.52. The molecule has 0 aromatic carbocycles. The van der Waals surface area contributed by atoms with Gasteiger partial charge in [-0.25, -0.2) is 0 Å².